The Morgan fingerprint density at radius 2 is 2.06 bits per heavy atom. The monoisotopic (exact) mass is 244 g/mol. The molecule has 1 aliphatic carbocycles. The molecule has 1 amide bonds. The second-order valence-corrected chi connectivity index (χ2v) is 5.40. The first-order valence-electron chi connectivity index (χ1n) is 6.96. The summed E-state index contributed by atoms with van der Waals surface area (Å²) in [5, 5.41) is 6.55. The van der Waals surface area contributed by atoms with Gasteiger partial charge in [-0.05, 0) is 36.5 Å². The number of benzene rings is 1. The third kappa shape index (κ3) is 2.56. The maximum absolute atomic E-state index is 11.3. The maximum Gasteiger partial charge on any atom is 0.224 e. The molecule has 1 saturated carbocycles. The van der Waals surface area contributed by atoms with Gasteiger partial charge in [-0.2, -0.15) is 0 Å². The molecule has 0 spiro atoms. The van der Waals surface area contributed by atoms with Gasteiger partial charge in [-0.15, -0.1) is 0 Å². The van der Waals surface area contributed by atoms with Crippen LogP contribution in [0.4, 0.5) is 5.69 Å². The number of nitrogens with one attached hydrogen (secondary N) is 2. The van der Waals surface area contributed by atoms with Gasteiger partial charge < -0.3 is 10.6 Å². The zero-order valence-electron chi connectivity index (χ0n) is 10.7. The van der Waals surface area contributed by atoms with Crippen molar-refractivity contribution in [2.75, 3.05) is 5.32 Å². The van der Waals surface area contributed by atoms with Gasteiger partial charge in [0.15, 0.2) is 0 Å². The van der Waals surface area contributed by atoms with Crippen LogP contribution in [0.2, 0.25) is 0 Å². The van der Waals surface area contributed by atoms with E-state index in [0.717, 1.165) is 18.7 Å². The van der Waals surface area contributed by atoms with Crippen LogP contribution in [-0.4, -0.2) is 11.9 Å². The Morgan fingerprint density at radius 3 is 2.89 bits per heavy atom. The van der Waals surface area contributed by atoms with Crippen molar-refractivity contribution in [1.29, 1.82) is 0 Å². The van der Waals surface area contributed by atoms with E-state index >= 15 is 0 Å². The minimum Gasteiger partial charge on any atom is -0.326 e. The Bertz CT molecular complexity index is 450. The van der Waals surface area contributed by atoms with E-state index in [0.29, 0.717) is 12.5 Å². The molecule has 0 atom stereocenters. The summed E-state index contributed by atoms with van der Waals surface area (Å²) in [5.41, 5.74) is 3.60. The van der Waals surface area contributed by atoms with Gasteiger partial charge in [-0.1, -0.05) is 25.0 Å². The van der Waals surface area contributed by atoms with Crippen LogP contribution in [0.15, 0.2) is 18.2 Å². The van der Waals surface area contributed by atoms with Crippen LogP contribution in [0.25, 0.3) is 0 Å². The fourth-order valence-electron chi connectivity index (χ4n) is 2.94. The second kappa shape index (κ2) is 5.11. The molecule has 1 fully saturated rings. The molecule has 1 aromatic carbocycles. The third-order valence-electron chi connectivity index (χ3n) is 4.02. The molecule has 3 rings (SSSR count). The minimum atomic E-state index is 0.138. The Labute approximate surface area is 108 Å². The molecule has 1 aliphatic heterocycles. The Kier molecular flexibility index (Phi) is 3.33. The fraction of sp³-hybridized carbons (Fsp3) is 0.533. The summed E-state index contributed by atoms with van der Waals surface area (Å²) in [6.07, 6.45) is 6.87. The highest BCUT2D eigenvalue weighted by molar-refractivity contribution is 5.93. The first-order chi connectivity index (χ1) is 8.81. The molecule has 0 bridgehead atoms. The molecule has 3 heteroatoms. The summed E-state index contributed by atoms with van der Waals surface area (Å²) in [4.78, 5) is 11.3. The van der Waals surface area contributed by atoms with Crippen molar-refractivity contribution in [3.8, 4) is 0 Å². The number of fused-ring (bicyclic) bond motifs is 1. The molecule has 0 saturated heterocycles. The summed E-state index contributed by atoms with van der Waals surface area (Å²) in [6.45, 7) is 0.950. The van der Waals surface area contributed by atoms with Crippen LogP contribution in [0.5, 0.6) is 0 Å². The summed E-state index contributed by atoms with van der Waals surface area (Å²) < 4.78 is 0. The van der Waals surface area contributed by atoms with Crippen LogP contribution in [0, 0.1) is 0 Å². The van der Waals surface area contributed by atoms with Gasteiger partial charge in [0.2, 0.25) is 5.91 Å². The zero-order chi connectivity index (χ0) is 12.4. The molecule has 0 unspecified atom stereocenters. The van der Waals surface area contributed by atoms with Gasteiger partial charge in [0, 0.05) is 24.7 Å². The van der Waals surface area contributed by atoms with Crippen LogP contribution in [-0.2, 0) is 17.8 Å². The molecule has 0 radical (unpaired) electrons. The third-order valence-corrected chi connectivity index (χ3v) is 4.02. The van der Waals surface area contributed by atoms with Crippen LogP contribution < -0.4 is 10.6 Å². The highest BCUT2D eigenvalue weighted by Gasteiger charge is 2.16. The lowest BCUT2D eigenvalue weighted by molar-refractivity contribution is -0.116. The van der Waals surface area contributed by atoms with Gasteiger partial charge >= 0.3 is 0 Å². The molecule has 3 nitrogen and oxygen atoms in total. The predicted octanol–water partition coefficient (Wildman–Crippen LogP) is 2.60. The van der Waals surface area contributed by atoms with E-state index < -0.39 is 0 Å². The van der Waals surface area contributed by atoms with E-state index in [9.17, 15) is 4.79 Å². The summed E-state index contributed by atoms with van der Waals surface area (Å²) in [7, 11) is 0. The number of carbonyl (C=O) groups is 1. The minimum absolute atomic E-state index is 0.138. The van der Waals surface area contributed by atoms with Crippen molar-refractivity contribution in [2.45, 2.75) is 51.1 Å². The van der Waals surface area contributed by atoms with Gasteiger partial charge in [0.05, 0.1) is 0 Å². The predicted molar refractivity (Wildman–Crippen MR) is 72.5 cm³/mol. The van der Waals surface area contributed by atoms with Crippen LogP contribution >= 0.6 is 0 Å². The largest absolute Gasteiger partial charge is 0.326 e. The van der Waals surface area contributed by atoms with Crippen molar-refractivity contribution in [2.24, 2.45) is 0 Å². The van der Waals surface area contributed by atoms with Crippen molar-refractivity contribution in [3.63, 3.8) is 0 Å². The number of amides is 1. The average molecular weight is 244 g/mol. The number of anilines is 1. The average Bonchev–Trinajstić information content (AvgIpc) is 2.89. The number of hydrogen-bond donors (Lipinski definition) is 2. The zero-order valence-corrected chi connectivity index (χ0v) is 10.7. The lowest BCUT2D eigenvalue weighted by Crippen LogP contribution is -2.25. The molecule has 96 valence electrons. The lowest BCUT2D eigenvalue weighted by Gasteiger charge is -2.18. The highest BCUT2D eigenvalue weighted by atomic mass is 16.1. The van der Waals surface area contributed by atoms with E-state index in [4.69, 9.17) is 0 Å². The molecule has 18 heavy (non-hydrogen) atoms. The van der Waals surface area contributed by atoms with E-state index in [-0.39, 0.29) is 5.91 Å². The number of rotatable bonds is 3. The highest BCUT2D eigenvalue weighted by Crippen LogP contribution is 2.24. The number of carbonyl (C=O) groups excluding carboxylic acids is 1. The van der Waals surface area contributed by atoms with Crippen molar-refractivity contribution < 1.29 is 4.79 Å². The Hall–Kier alpha value is -1.35. The molecule has 2 N–H and O–H groups in total. The summed E-state index contributed by atoms with van der Waals surface area (Å²) in [6, 6.07) is 7.10. The van der Waals surface area contributed by atoms with Crippen molar-refractivity contribution in [3.05, 3.63) is 29.3 Å². The smallest absolute Gasteiger partial charge is 0.224 e. The van der Waals surface area contributed by atoms with E-state index in [1.54, 1.807) is 0 Å². The quantitative estimate of drug-likeness (QED) is 0.858. The van der Waals surface area contributed by atoms with Gasteiger partial charge in [0.25, 0.3) is 0 Å². The first-order valence-corrected chi connectivity index (χ1v) is 6.96. The molecule has 1 aromatic rings. The van der Waals surface area contributed by atoms with Crippen LogP contribution in [0.3, 0.4) is 0 Å². The normalized spacial score (nSPS) is 19.7. The Morgan fingerprint density at radius 1 is 1.22 bits per heavy atom. The maximum atomic E-state index is 11.3. The summed E-state index contributed by atoms with van der Waals surface area (Å²) >= 11 is 0. The topological polar surface area (TPSA) is 41.1 Å². The molecular weight excluding hydrogens is 224 g/mol. The number of hydrogen-bond acceptors (Lipinski definition) is 2. The van der Waals surface area contributed by atoms with Crippen LogP contribution in [0.1, 0.15) is 43.2 Å². The molecule has 2 aliphatic rings. The van der Waals surface area contributed by atoms with Gasteiger partial charge in [-0.25, -0.2) is 0 Å². The number of aryl methyl sites for hydroxylation is 1. The first kappa shape index (κ1) is 11.7. The van der Waals surface area contributed by atoms with Gasteiger partial charge in [-0.3, -0.25) is 4.79 Å². The lowest BCUT2D eigenvalue weighted by atomic mass is 10.0. The van der Waals surface area contributed by atoms with Crippen molar-refractivity contribution >= 4 is 11.6 Å². The van der Waals surface area contributed by atoms with Crippen molar-refractivity contribution in [1.82, 2.24) is 5.32 Å². The standard InChI is InChI=1S/C15H20N2O/c18-15-8-6-12-9-11(5-7-14(12)17-15)10-16-13-3-1-2-4-13/h5,7,9,13,16H,1-4,6,8,10H2,(H,17,18). The second-order valence-electron chi connectivity index (χ2n) is 5.40. The van der Waals surface area contributed by atoms with E-state index in [1.807, 2.05) is 6.07 Å². The van der Waals surface area contributed by atoms with Gasteiger partial charge in [0.1, 0.15) is 0 Å². The SMILES string of the molecule is O=C1CCc2cc(CNC3CCCC3)ccc2N1. The Balaban J connectivity index is 1.64. The fourth-order valence-corrected chi connectivity index (χ4v) is 2.94. The molecule has 1 heterocycles. The summed E-state index contributed by atoms with van der Waals surface area (Å²) in [5.74, 6) is 0.138. The van der Waals surface area contributed by atoms with E-state index in [2.05, 4.69) is 22.8 Å². The molecule has 0 aromatic heterocycles. The van der Waals surface area contributed by atoms with E-state index in [1.165, 1.54) is 36.8 Å². The molecular formula is C15H20N2O.